The van der Waals surface area contributed by atoms with Gasteiger partial charge in [0.15, 0.2) is 5.54 Å². The van der Waals surface area contributed by atoms with Crippen LogP contribution in [0.25, 0.3) is 0 Å². The summed E-state index contributed by atoms with van der Waals surface area (Å²) < 4.78 is 5.88. The maximum atomic E-state index is 13.7. The van der Waals surface area contributed by atoms with Gasteiger partial charge in [-0.2, -0.15) is 0 Å². The lowest BCUT2D eigenvalue weighted by molar-refractivity contribution is -0.138. The van der Waals surface area contributed by atoms with Crippen molar-refractivity contribution in [1.29, 1.82) is 0 Å². The highest BCUT2D eigenvalue weighted by Gasteiger charge is 2.60. The molecule has 0 unspecified atom stereocenters. The Labute approximate surface area is 170 Å². The number of aryl methyl sites for hydroxylation is 4. The SMILES string of the molecule is Cc1ccc(N2C(=O)C[C@@]2(C(=O)Nc2c(C)cccc2C)c2ccc(C)o2)cc1. The number of amides is 2. The molecule has 5 heteroatoms. The standard InChI is InChI=1S/C24H24N2O3/c1-15-8-11-19(12-9-15)26-21(27)14-24(26,20-13-10-18(4)29-20)23(28)25-22-16(2)6-5-7-17(22)3/h5-13H,14H2,1-4H3,(H,25,28)/t24-/m0/s1. The van der Waals surface area contributed by atoms with Gasteiger partial charge in [-0.1, -0.05) is 35.9 Å². The molecule has 2 amide bonds. The van der Waals surface area contributed by atoms with Gasteiger partial charge in [0, 0.05) is 11.4 Å². The second kappa shape index (κ2) is 6.92. The zero-order valence-electron chi connectivity index (χ0n) is 17.1. The van der Waals surface area contributed by atoms with E-state index in [-0.39, 0.29) is 18.2 Å². The molecular formula is C24H24N2O3. The number of carbonyl (C=O) groups excluding carboxylic acids is 2. The summed E-state index contributed by atoms with van der Waals surface area (Å²) in [6.45, 7) is 7.72. The number of nitrogens with one attached hydrogen (secondary N) is 1. The number of para-hydroxylation sites is 1. The average Bonchev–Trinajstić information content (AvgIpc) is 3.10. The van der Waals surface area contributed by atoms with Gasteiger partial charge in [-0.15, -0.1) is 0 Å². The summed E-state index contributed by atoms with van der Waals surface area (Å²) in [4.78, 5) is 27.9. The van der Waals surface area contributed by atoms with E-state index < -0.39 is 5.54 Å². The highest BCUT2D eigenvalue weighted by molar-refractivity contribution is 6.16. The summed E-state index contributed by atoms with van der Waals surface area (Å²) in [6.07, 6.45) is 0.0601. The molecule has 2 aromatic carbocycles. The van der Waals surface area contributed by atoms with Crippen LogP contribution in [0.15, 0.2) is 59.0 Å². The van der Waals surface area contributed by atoms with Gasteiger partial charge in [-0.25, -0.2) is 0 Å². The van der Waals surface area contributed by atoms with E-state index in [1.54, 1.807) is 11.0 Å². The number of hydrogen-bond donors (Lipinski definition) is 1. The second-order valence-corrected chi connectivity index (χ2v) is 7.73. The maximum absolute atomic E-state index is 13.7. The van der Waals surface area contributed by atoms with Crippen molar-refractivity contribution in [3.63, 3.8) is 0 Å². The highest BCUT2D eigenvalue weighted by atomic mass is 16.3. The van der Waals surface area contributed by atoms with E-state index in [1.165, 1.54) is 0 Å². The molecular weight excluding hydrogens is 364 g/mol. The van der Waals surface area contributed by atoms with Crippen molar-refractivity contribution in [3.05, 3.63) is 82.8 Å². The van der Waals surface area contributed by atoms with E-state index in [0.29, 0.717) is 17.2 Å². The predicted octanol–water partition coefficient (Wildman–Crippen LogP) is 4.78. The van der Waals surface area contributed by atoms with E-state index in [1.807, 2.05) is 76.2 Å². The summed E-state index contributed by atoms with van der Waals surface area (Å²) in [5.74, 6) is 0.783. The van der Waals surface area contributed by atoms with Gasteiger partial charge in [0.1, 0.15) is 11.5 Å². The van der Waals surface area contributed by atoms with Crippen molar-refractivity contribution in [2.45, 2.75) is 39.7 Å². The molecule has 0 radical (unpaired) electrons. The van der Waals surface area contributed by atoms with Crippen LogP contribution in [0.2, 0.25) is 0 Å². The van der Waals surface area contributed by atoms with Crippen molar-refractivity contribution >= 4 is 23.2 Å². The van der Waals surface area contributed by atoms with Crippen molar-refractivity contribution < 1.29 is 14.0 Å². The Kier molecular flexibility index (Phi) is 4.53. The summed E-state index contributed by atoms with van der Waals surface area (Å²) in [5, 5.41) is 3.07. The van der Waals surface area contributed by atoms with Crippen LogP contribution >= 0.6 is 0 Å². The van der Waals surface area contributed by atoms with Crippen LogP contribution in [0.1, 0.15) is 34.6 Å². The number of carbonyl (C=O) groups is 2. The second-order valence-electron chi connectivity index (χ2n) is 7.73. The average molecular weight is 388 g/mol. The summed E-state index contributed by atoms with van der Waals surface area (Å²) in [6, 6.07) is 17.1. The molecule has 1 fully saturated rings. The topological polar surface area (TPSA) is 62.6 Å². The lowest BCUT2D eigenvalue weighted by Crippen LogP contribution is -2.67. The first-order valence-electron chi connectivity index (χ1n) is 9.67. The van der Waals surface area contributed by atoms with E-state index >= 15 is 0 Å². The van der Waals surface area contributed by atoms with Gasteiger partial charge in [-0.05, 0) is 63.1 Å². The van der Waals surface area contributed by atoms with Gasteiger partial charge in [0.05, 0.1) is 6.42 Å². The summed E-state index contributed by atoms with van der Waals surface area (Å²) >= 11 is 0. The normalized spacial score (nSPS) is 18.5. The number of benzene rings is 2. The molecule has 0 aliphatic carbocycles. The first-order chi connectivity index (χ1) is 13.8. The van der Waals surface area contributed by atoms with Gasteiger partial charge in [-0.3, -0.25) is 14.5 Å². The predicted molar refractivity (Wildman–Crippen MR) is 113 cm³/mol. The first kappa shape index (κ1) is 19.0. The Bertz CT molecular complexity index is 1080. The molecule has 0 bridgehead atoms. The van der Waals surface area contributed by atoms with Crippen molar-refractivity contribution in [2.24, 2.45) is 0 Å². The molecule has 148 valence electrons. The van der Waals surface area contributed by atoms with Gasteiger partial charge in [0.2, 0.25) is 5.91 Å². The lowest BCUT2D eigenvalue weighted by Gasteiger charge is -2.49. The number of hydrogen-bond acceptors (Lipinski definition) is 3. The molecule has 0 saturated carbocycles. The minimum atomic E-state index is -1.21. The fraction of sp³-hybridized carbons (Fsp3) is 0.250. The molecule has 1 saturated heterocycles. The quantitative estimate of drug-likeness (QED) is 0.654. The molecule has 1 aliphatic rings. The minimum absolute atomic E-state index is 0.0601. The number of rotatable bonds is 4. The Morgan fingerprint density at radius 3 is 2.17 bits per heavy atom. The Morgan fingerprint density at radius 1 is 0.966 bits per heavy atom. The van der Waals surface area contributed by atoms with E-state index in [4.69, 9.17) is 4.42 Å². The molecule has 1 aromatic heterocycles. The van der Waals surface area contributed by atoms with Crippen LogP contribution in [-0.4, -0.2) is 11.8 Å². The summed E-state index contributed by atoms with van der Waals surface area (Å²) in [5.41, 5.74) is 3.25. The molecule has 1 atom stereocenters. The molecule has 3 aromatic rings. The van der Waals surface area contributed by atoms with Crippen molar-refractivity contribution in [1.82, 2.24) is 0 Å². The lowest BCUT2D eigenvalue weighted by atomic mass is 9.79. The largest absolute Gasteiger partial charge is 0.463 e. The van der Waals surface area contributed by atoms with Crippen LogP contribution in [0.3, 0.4) is 0 Å². The van der Waals surface area contributed by atoms with E-state index in [0.717, 1.165) is 22.4 Å². The smallest absolute Gasteiger partial charge is 0.259 e. The number of β-lactam (4-membered cyclic amide) rings is 1. The minimum Gasteiger partial charge on any atom is -0.463 e. The fourth-order valence-electron chi connectivity index (χ4n) is 3.93. The van der Waals surface area contributed by atoms with Crippen LogP contribution in [0.4, 0.5) is 11.4 Å². The molecule has 29 heavy (non-hydrogen) atoms. The highest BCUT2D eigenvalue weighted by Crippen LogP contribution is 2.46. The van der Waals surface area contributed by atoms with E-state index in [2.05, 4.69) is 5.32 Å². The maximum Gasteiger partial charge on any atom is 0.259 e. The monoisotopic (exact) mass is 388 g/mol. The Hall–Kier alpha value is -3.34. The number of anilines is 2. The third kappa shape index (κ3) is 3.03. The number of furan rings is 1. The van der Waals surface area contributed by atoms with Crippen LogP contribution in [-0.2, 0) is 15.1 Å². The van der Waals surface area contributed by atoms with Crippen LogP contribution < -0.4 is 10.2 Å². The molecule has 1 N–H and O–H groups in total. The third-order valence-corrected chi connectivity index (χ3v) is 5.57. The Morgan fingerprint density at radius 2 is 1.62 bits per heavy atom. The van der Waals surface area contributed by atoms with Gasteiger partial charge >= 0.3 is 0 Å². The molecule has 4 rings (SSSR count). The van der Waals surface area contributed by atoms with Gasteiger partial charge < -0.3 is 9.73 Å². The zero-order chi connectivity index (χ0) is 20.8. The van der Waals surface area contributed by atoms with Gasteiger partial charge in [0.25, 0.3) is 5.91 Å². The zero-order valence-corrected chi connectivity index (χ0v) is 17.1. The molecule has 2 heterocycles. The fourth-order valence-corrected chi connectivity index (χ4v) is 3.93. The van der Waals surface area contributed by atoms with Crippen molar-refractivity contribution in [2.75, 3.05) is 10.2 Å². The van der Waals surface area contributed by atoms with Crippen molar-refractivity contribution in [3.8, 4) is 0 Å². The van der Waals surface area contributed by atoms with Crippen LogP contribution in [0, 0.1) is 27.7 Å². The third-order valence-electron chi connectivity index (χ3n) is 5.57. The molecule has 5 nitrogen and oxygen atoms in total. The van der Waals surface area contributed by atoms with Crippen LogP contribution in [0.5, 0.6) is 0 Å². The Balaban J connectivity index is 1.81. The van der Waals surface area contributed by atoms with E-state index in [9.17, 15) is 9.59 Å². The molecule has 1 aliphatic heterocycles. The summed E-state index contributed by atoms with van der Waals surface area (Å²) in [7, 11) is 0. The first-order valence-corrected chi connectivity index (χ1v) is 9.67. The number of nitrogens with zero attached hydrogens (tertiary/aromatic N) is 1. The molecule has 0 spiro atoms.